The number of amidine groups is 2. The second kappa shape index (κ2) is 13.4. The molecule has 33 heavy (non-hydrogen) atoms. The summed E-state index contributed by atoms with van der Waals surface area (Å²) in [6.07, 6.45) is 2.70. The zero-order valence-electron chi connectivity index (χ0n) is 18.7. The van der Waals surface area contributed by atoms with Crippen molar-refractivity contribution in [3.05, 3.63) is 59.7 Å². The highest BCUT2D eigenvalue weighted by molar-refractivity contribution is 5.98. The second-order valence-electron chi connectivity index (χ2n) is 6.93. The van der Waals surface area contributed by atoms with Crippen LogP contribution in [0.25, 0.3) is 0 Å². The van der Waals surface area contributed by atoms with Gasteiger partial charge in [0.05, 0.1) is 13.2 Å². The van der Waals surface area contributed by atoms with Crippen LogP contribution in [0.1, 0.15) is 44.2 Å². The molecule has 0 amide bonds. The van der Waals surface area contributed by atoms with Gasteiger partial charge in [-0.3, -0.25) is 0 Å². The number of ether oxygens (including phenoxy) is 2. The second-order valence-corrected chi connectivity index (χ2v) is 6.93. The van der Waals surface area contributed by atoms with Crippen LogP contribution in [0.3, 0.4) is 0 Å². The van der Waals surface area contributed by atoms with Gasteiger partial charge >= 0.3 is 11.9 Å². The molecule has 0 unspecified atom stereocenters. The fraction of sp³-hybridized carbons (Fsp3) is 0.304. The van der Waals surface area contributed by atoms with Crippen LogP contribution >= 0.6 is 0 Å². The molecule has 0 aromatic heterocycles. The Hall–Kier alpha value is -4.08. The minimum Gasteiger partial charge on any atom is -0.494 e. The largest absolute Gasteiger partial charge is 0.494 e. The number of hydrogen-bond donors (Lipinski definition) is 2. The van der Waals surface area contributed by atoms with E-state index >= 15 is 0 Å². The zero-order valence-corrected chi connectivity index (χ0v) is 18.7. The molecule has 0 spiro atoms. The fourth-order valence-corrected chi connectivity index (χ4v) is 2.54. The van der Waals surface area contributed by atoms with Crippen molar-refractivity contribution in [3.8, 4) is 11.5 Å². The lowest BCUT2D eigenvalue weighted by atomic mass is 10.2. The van der Waals surface area contributed by atoms with E-state index in [4.69, 9.17) is 20.9 Å². The van der Waals surface area contributed by atoms with Gasteiger partial charge in [0.1, 0.15) is 11.5 Å². The van der Waals surface area contributed by atoms with Crippen LogP contribution in [0.2, 0.25) is 0 Å². The standard InChI is InChI=1S/C23H28N4O6/c1-16(28)32-26-22(24)18-6-10-20(11-7-18)30-14-4-3-5-15-31-21-12-8-19(9-13-21)23(25)27-33-17(2)29/h6-13H,3-5,14-15H2,1-2H3,(H2,24,26)(H2,25,27). The average Bonchev–Trinajstić information content (AvgIpc) is 2.81. The van der Waals surface area contributed by atoms with Crippen molar-refractivity contribution in [3.63, 3.8) is 0 Å². The molecule has 0 aliphatic heterocycles. The molecule has 2 aromatic rings. The number of carbonyl (C=O) groups is 2. The van der Waals surface area contributed by atoms with Crippen molar-refractivity contribution in [2.45, 2.75) is 33.1 Å². The number of nitrogens with two attached hydrogens (primary N) is 2. The van der Waals surface area contributed by atoms with Crippen molar-refractivity contribution < 1.29 is 28.7 Å². The van der Waals surface area contributed by atoms with Gasteiger partial charge in [0, 0.05) is 25.0 Å². The Kier molecular flexibility index (Phi) is 10.2. The lowest BCUT2D eigenvalue weighted by molar-refractivity contribution is -0.141. The van der Waals surface area contributed by atoms with Gasteiger partial charge in [0.25, 0.3) is 0 Å². The van der Waals surface area contributed by atoms with E-state index in [-0.39, 0.29) is 11.7 Å². The molecule has 0 saturated carbocycles. The summed E-state index contributed by atoms with van der Waals surface area (Å²) in [5, 5.41) is 7.08. The monoisotopic (exact) mass is 456 g/mol. The predicted octanol–water partition coefficient (Wildman–Crippen LogP) is 2.68. The van der Waals surface area contributed by atoms with E-state index in [0.29, 0.717) is 35.8 Å². The topological polar surface area (TPSA) is 148 Å². The maximum absolute atomic E-state index is 10.8. The molecule has 0 atom stereocenters. The first-order chi connectivity index (χ1) is 15.8. The molecule has 0 aliphatic carbocycles. The number of benzene rings is 2. The molecule has 2 aromatic carbocycles. The summed E-state index contributed by atoms with van der Waals surface area (Å²) in [6, 6.07) is 14.1. The highest BCUT2D eigenvalue weighted by atomic mass is 16.7. The third-order valence-electron chi connectivity index (χ3n) is 4.17. The maximum Gasteiger partial charge on any atom is 0.332 e. The van der Waals surface area contributed by atoms with Crippen LogP contribution in [0.4, 0.5) is 0 Å². The molecule has 10 heteroatoms. The van der Waals surface area contributed by atoms with Gasteiger partial charge in [-0.05, 0) is 67.8 Å². The molecule has 176 valence electrons. The van der Waals surface area contributed by atoms with Crippen molar-refractivity contribution in [1.82, 2.24) is 0 Å². The highest BCUT2D eigenvalue weighted by Crippen LogP contribution is 2.14. The molecule has 4 N–H and O–H groups in total. The Labute approximate surface area is 192 Å². The number of hydrogen-bond acceptors (Lipinski definition) is 8. The van der Waals surface area contributed by atoms with E-state index in [9.17, 15) is 9.59 Å². The molecular weight excluding hydrogens is 428 g/mol. The molecule has 0 bridgehead atoms. The molecule has 10 nitrogen and oxygen atoms in total. The summed E-state index contributed by atoms with van der Waals surface area (Å²) < 4.78 is 11.4. The Balaban J connectivity index is 1.62. The van der Waals surface area contributed by atoms with Gasteiger partial charge in [0.15, 0.2) is 11.7 Å². The van der Waals surface area contributed by atoms with Crippen molar-refractivity contribution in [2.24, 2.45) is 21.8 Å². The van der Waals surface area contributed by atoms with Gasteiger partial charge in [0.2, 0.25) is 0 Å². The number of nitrogens with zero attached hydrogens (tertiary/aromatic N) is 2. The normalized spacial score (nSPS) is 11.6. The van der Waals surface area contributed by atoms with Crippen molar-refractivity contribution in [2.75, 3.05) is 13.2 Å². The number of carbonyl (C=O) groups excluding carboxylic acids is 2. The minimum absolute atomic E-state index is 0.116. The van der Waals surface area contributed by atoms with Crippen LogP contribution < -0.4 is 20.9 Å². The van der Waals surface area contributed by atoms with Gasteiger partial charge in [-0.15, -0.1) is 0 Å². The SMILES string of the molecule is CC(=O)ON=C(N)c1ccc(OCCCCCOc2ccc(C(N)=NOC(C)=O)cc2)cc1. The van der Waals surface area contributed by atoms with Gasteiger partial charge < -0.3 is 30.6 Å². The summed E-state index contributed by atoms with van der Waals surface area (Å²) in [6.45, 7) is 3.65. The first kappa shape index (κ1) is 25.2. The third-order valence-corrected chi connectivity index (χ3v) is 4.17. The minimum atomic E-state index is -0.533. The summed E-state index contributed by atoms with van der Waals surface area (Å²) in [5.74, 6) is 0.595. The van der Waals surface area contributed by atoms with E-state index in [1.807, 2.05) is 0 Å². The van der Waals surface area contributed by atoms with E-state index in [1.165, 1.54) is 13.8 Å². The molecule has 0 heterocycles. The lowest BCUT2D eigenvalue weighted by Gasteiger charge is -2.08. The Morgan fingerprint density at radius 2 is 1.03 bits per heavy atom. The Morgan fingerprint density at radius 3 is 1.36 bits per heavy atom. The van der Waals surface area contributed by atoms with Gasteiger partial charge in [-0.1, -0.05) is 10.3 Å². The smallest absolute Gasteiger partial charge is 0.332 e. The summed E-state index contributed by atoms with van der Waals surface area (Å²) >= 11 is 0. The molecule has 0 fully saturated rings. The Morgan fingerprint density at radius 1 is 0.667 bits per heavy atom. The van der Waals surface area contributed by atoms with Gasteiger partial charge in [-0.2, -0.15) is 0 Å². The molecule has 0 aliphatic rings. The van der Waals surface area contributed by atoms with Crippen molar-refractivity contribution >= 4 is 23.6 Å². The van der Waals surface area contributed by atoms with Gasteiger partial charge in [-0.25, -0.2) is 9.59 Å². The molecule has 0 radical (unpaired) electrons. The molecule has 2 rings (SSSR count). The quantitative estimate of drug-likeness (QED) is 0.163. The number of unbranched alkanes of at least 4 members (excludes halogenated alkanes) is 2. The van der Waals surface area contributed by atoms with Crippen LogP contribution in [0.5, 0.6) is 11.5 Å². The van der Waals surface area contributed by atoms with Crippen LogP contribution in [-0.2, 0) is 19.3 Å². The average molecular weight is 456 g/mol. The predicted molar refractivity (Wildman–Crippen MR) is 123 cm³/mol. The van der Waals surface area contributed by atoms with Crippen LogP contribution in [0.15, 0.2) is 58.8 Å². The van der Waals surface area contributed by atoms with Crippen molar-refractivity contribution in [1.29, 1.82) is 0 Å². The molecular formula is C23H28N4O6. The first-order valence-electron chi connectivity index (χ1n) is 10.3. The first-order valence-corrected chi connectivity index (χ1v) is 10.3. The van der Waals surface area contributed by atoms with Crippen LogP contribution in [-0.4, -0.2) is 36.8 Å². The van der Waals surface area contributed by atoms with Crippen LogP contribution in [0, 0.1) is 0 Å². The fourth-order valence-electron chi connectivity index (χ4n) is 2.54. The summed E-state index contributed by atoms with van der Waals surface area (Å²) in [5.41, 5.74) is 12.7. The maximum atomic E-state index is 10.8. The third kappa shape index (κ3) is 9.72. The van der Waals surface area contributed by atoms with E-state index < -0.39 is 11.9 Å². The number of oxime groups is 2. The summed E-state index contributed by atoms with van der Waals surface area (Å²) in [7, 11) is 0. The number of rotatable bonds is 12. The summed E-state index contributed by atoms with van der Waals surface area (Å²) in [4.78, 5) is 30.5. The zero-order chi connectivity index (χ0) is 24.1. The Bertz CT molecular complexity index is 892. The van der Waals surface area contributed by atoms with E-state index in [0.717, 1.165) is 19.3 Å². The van der Waals surface area contributed by atoms with E-state index in [1.54, 1.807) is 48.5 Å². The lowest BCUT2D eigenvalue weighted by Crippen LogP contribution is -2.14. The molecule has 0 saturated heterocycles. The highest BCUT2D eigenvalue weighted by Gasteiger charge is 2.03. The van der Waals surface area contributed by atoms with E-state index in [2.05, 4.69) is 20.0 Å².